The number of rotatable bonds is 3. The Morgan fingerprint density at radius 1 is 1.38 bits per heavy atom. The lowest BCUT2D eigenvalue weighted by molar-refractivity contribution is -0.159. The molecule has 0 bridgehead atoms. The average Bonchev–Trinajstić information content (AvgIpc) is 2.27. The molecule has 0 saturated carbocycles. The van der Waals surface area contributed by atoms with E-state index in [1.54, 1.807) is 7.11 Å². The van der Waals surface area contributed by atoms with Crippen molar-refractivity contribution in [2.75, 3.05) is 7.11 Å². The lowest BCUT2D eigenvalue weighted by Crippen LogP contribution is -2.56. The number of likely N-dealkylation sites (tertiary alicyclic amines) is 1. The zero-order valence-electron chi connectivity index (χ0n) is 11.2. The van der Waals surface area contributed by atoms with Crippen LogP contribution in [0.3, 0.4) is 0 Å². The van der Waals surface area contributed by atoms with Crippen molar-refractivity contribution in [3.05, 3.63) is 0 Å². The first kappa shape index (κ1) is 13.5. The molecule has 1 heterocycles. The number of hydrogen-bond donors (Lipinski definition) is 0. The second-order valence-electron chi connectivity index (χ2n) is 5.13. The van der Waals surface area contributed by atoms with Gasteiger partial charge < -0.3 is 9.64 Å². The van der Waals surface area contributed by atoms with Crippen LogP contribution < -0.4 is 0 Å². The van der Waals surface area contributed by atoms with Gasteiger partial charge >= 0.3 is 0 Å². The minimum atomic E-state index is -0.653. The van der Waals surface area contributed by atoms with Crippen molar-refractivity contribution in [3.8, 4) is 0 Å². The molecule has 3 unspecified atom stereocenters. The zero-order valence-corrected chi connectivity index (χ0v) is 11.2. The van der Waals surface area contributed by atoms with Crippen molar-refractivity contribution in [1.82, 2.24) is 4.90 Å². The summed E-state index contributed by atoms with van der Waals surface area (Å²) >= 11 is 0. The van der Waals surface area contributed by atoms with Crippen LogP contribution in [0.25, 0.3) is 0 Å². The summed E-state index contributed by atoms with van der Waals surface area (Å²) < 4.78 is 5.41. The van der Waals surface area contributed by atoms with E-state index in [1.165, 1.54) is 6.42 Å². The van der Waals surface area contributed by atoms with Crippen molar-refractivity contribution in [2.24, 2.45) is 0 Å². The van der Waals surface area contributed by atoms with Crippen LogP contribution in [0.4, 0.5) is 0 Å². The van der Waals surface area contributed by atoms with Crippen LogP contribution in [0.2, 0.25) is 0 Å². The van der Waals surface area contributed by atoms with Gasteiger partial charge in [-0.25, -0.2) is 0 Å². The second kappa shape index (κ2) is 5.17. The maximum atomic E-state index is 12.5. The summed E-state index contributed by atoms with van der Waals surface area (Å²) in [5.41, 5.74) is -0.653. The molecule has 1 aliphatic heterocycles. The Hall–Kier alpha value is -0.570. The quantitative estimate of drug-likeness (QED) is 0.741. The van der Waals surface area contributed by atoms with Gasteiger partial charge in [0.05, 0.1) is 0 Å². The van der Waals surface area contributed by atoms with E-state index in [9.17, 15) is 4.79 Å². The van der Waals surface area contributed by atoms with Gasteiger partial charge in [0.25, 0.3) is 5.91 Å². The molecule has 3 heteroatoms. The Morgan fingerprint density at radius 2 is 1.88 bits per heavy atom. The second-order valence-corrected chi connectivity index (χ2v) is 5.13. The van der Waals surface area contributed by atoms with Gasteiger partial charge in [0, 0.05) is 19.2 Å². The lowest BCUT2D eigenvalue weighted by atomic mass is 9.93. The molecule has 16 heavy (non-hydrogen) atoms. The standard InChI is InChI=1S/C13H25NO2/c1-6-13(4,16-5)12(15)14-10(2)8-7-9-11(14)3/h10-11H,6-9H2,1-5H3. The van der Waals surface area contributed by atoms with E-state index in [-0.39, 0.29) is 5.91 Å². The third kappa shape index (κ3) is 2.40. The molecule has 0 spiro atoms. The van der Waals surface area contributed by atoms with Crippen molar-refractivity contribution >= 4 is 5.91 Å². The normalized spacial score (nSPS) is 29.9. The molecule has 3 nitrogen and oxygen atoms in total. The lowest BCUT2D eigenvalue weighted by Gasteiger charge is -2.43. The van der Waals surface area contributed by atoms with Crippen LogP contribution in [0.1, 0.15) is 53.4 Å². The summed E-state index contributed by atoms with van der Waals surface area (Å²) in [6, 6.07) is 0.689. The summed E-state index contributed by atoms with van der Waals surface area (Å²) in [7, 11) is 1.63. The molecule has 94 valence electrons. The molecular weight excluding hydrogens is 202 g/mol. The highest BCUT2D eigenvalue weighted by Crippen LogP contribution is 2.27. The summed E-state index contributed by atoms with van der Waals surface area (Å²) in [5, 5.41) is 0. The largest absolute Gasteiger partial charge is 0.369 e. The van der Waals surface area contributed by atoms with E-state index in [0.29, 0.717) is 12.1 Å². The molecule has 3 atom stereocenters. The first-order chi connectivity index (χ1) is 7.46. The fourth-order valence-electron chi connectivity index (χ4n) is 2.48. The number of hydrogen-bond acceptors (Lipinski definition) is 2. The van der Waals surface area contributed by atoms with Crippen molar-refractivity contribution < 1.29 is 9.53 Å². The first-order valence-electron chi connectivity index (χ1n) is 6.34. The van der Waals surface area contributed by atoms with Gasteiger partial charge in [-0.1, -0.05) is 6.92 Å². The summed E-state index contributed by atoms with van der Waals surface area (Å²) in [6.07, 6.45) is 4.17. The third-order valence-electron chi connectivity index (χ3n) is 4.01. The van der Waals surface area contributed by atoms with E-state index in [4.69, 9.17) is 4.74 Å². The van der Waals surface area contributed by atoms with Gasteiger partial charge in [0.15, 0.2) is 0 Å². The van der Waals surface area contributed by atoms with Gasteiger partial charge in [-0.3, -0.25) is 4.79 Å². The smallest absolute Gasteiger partial charge is 0.254 e. The molecule has 1 saturated heterocycles. The number of methoxy groups -OCH3 is 1. The molecule has 0 aromatic rings. The van der Waals surface area contributed by atoms with Gasteiger partial charge in [-0.15, -0.1) is 0 Å². The Balaban J connectivity index is 2.85. The number of carbonyl (C=O) groups is 1. The minimum absolute atomic E-state index is 0.150. The number of ether oxygens (including phenoxy) is 1. The highest BCUT2D eigenvalue weighted by Gasteiger charge is 2.40. The van der Waals surface area contributed by atoms with E-state index in [1.807, 2.05) is 18.7 Å². The fraction of sp³-hybridized carbons (Fsp3) is 0.923. The van der Waals surface area contributed by atoms with E-state index < -0.39 is 5.60 Å². The highest BCUT2D eigenvalue weighted by molar-refractivity contribution is 5.85. The maximum absolute atomic E-state index is 12.5. The zero-order chi connectivity index (χ0) is 12.3. The predicted molar refractivity (Wildman–Crippen MR) is 65.3 cm³/mol. The Morgan fingerprint density at radius 3 is 2.25 bits per heavy atom. The topological polar surface area (TPSA) is 29.5 Å². The first-order valence-corrected chi connectivity index (χ1v) is 6.34. The molecule has 0 aromatic heterocycles. The molecule has 0 radical (unpaired) electrons. The van der Waals surface area contributed by atoms with Crippen molar-refractivity contribution in [1.29, 1.82) is 0 Å². The maximum Gasteiger partial charge on any atom is 0.254 e. The minimum Gasteiger partial charge on any atom is -0.369 e. The molecule has 1 fully saturated rings. The highest BCUT2D eigenvalue weighted by atomic mass is 16.5. The van der Waals surface area contributed by atoms with Gasteiger partial charge in [-0.05, 0) is 46.5 Å². The molecule has 0 aliphatic carbocycles. The molecule has 1 amide bonds. The SMILES string of the molecule is CCC(C)(OC)C(=O)N1C(C)CCCC1C. The molecule has 0 aromatic carbocycles. The van der Waals surface area contributed by atoms with Crippen LogP contribution in [-0.2, 0) is 9.53 Å². The van der Waals surface area contributed by atoms with Gasteiger partial charge in [0.1, 0.15) is 5.60 Å². The molecular formula is C13H25NO2. The third-order valence-corrected chi connectivity index (χ3v) is 4.01. The Bertz CT molecular complexity index is 238. The van der Waals surface area contributed by atoms with Crippen LogP contribution in [0.5, 0.6) is 0 Å². The van der Waals surface area contributed by atoms with E-state index >= 15 is 0 Å². The summed E-state index contributed by atoms with van der Waals surface area (Å²) in [6.45, 7) is 8.17. The van der Waals surface area contributed by atoms with Crippen LogP contribution in [0, 0.1) is 0 Å². The van der Waals surface area contributed by atoms with Crippen LogP contribution in [0.15, 0.2) is 0 Å². The Labute approximate surface area is 99.1 Å². The molecule has 1 rings (SSSR count). The number of carbonyl (C=O) groups excluding carboxylic acids is 1. The molecule has 1 aliphatic rings. The average molecular weight is 227 g/mol. The van der Waals surface area contributed by atoms with Gasteiger partial charge in [-0.2, -0.15) is 0 Å². The number of piperidine rings is 1. The summed E-state index contributed by atoms with van der Waals surface area (Å²) in [5.74, 6) is 0.150. The number of nitrogens with zero attached hydrogens (tertiary/aromatic N) is 1. The van der Waals surface area contributed by atoms with Gasteiger partial charge in [0.2, 0.25) is 0 Å². The summed E-state index contributed by atoms with van der Waals surface area (Å²) in [4.78, 5) is 14.5. The molecule has 0 N–H and O–H groups in total. The van der Waals surface area contributed by atoms with E-state index in [2.05, 4.69) is 13.8 Å². The Kier molecular flexibility index (Phi) is 4.36. The van der Waals surface area contributed by atoms with E-state index in [0.717, 1.165) is 19.3 Å². The fourth-order valence-corrected chi connectivity index (χ4v) is 2.48. The van der Waals surface area contributed by atoms with Crippen molar-refractivity contribution in [2.45, 2.75) is 71.1 Å². The monoisotopic (exact) mass is 227 g/mol. The predicted octanol–water partition coefficient (Wildman–Crippen LogP) is 2.59. The van der Waals surface area contributed by atoms with Crippen molar-refractivity contribution in [3.63, 3.8) is 0 Å². The van der Waals surface area contributed by atoms with Crippen LogP contribution in [-0.4, -0.2) is 35.6 Å². The number of amides is 1. The van der Waals surface area contributed by atoms with Crippen LogP contribution >= 0.6 is 0 Å².